The number of alkyl halides is 2. The number of ether oxygens (including phenoxy) is 2. The predicted molar refractivity (Wildman–Crippen MR) is 86.5 cm³/mol. The van der Waals surface area contributed by atoms with Gasteiger partial charge in [0, 0.05) is 5.56 Å². The van der Waals surface area contributed by atoms with Crippen LogP contribution in [-0.2, 0) is 16.1 Å². The monoisotopic (exact) mass is 345 g/mol. The van der Waals surface area contributed by atoms with Crippen molar-refractivity contribution >= 4 is 17.1 Å². The molecule has 128 valence electrons. The number of nitrogens with zero attached hydrogens (tertiary/aromatic N) is 1. The molecule has 0 aromatic heterocycles. The SMILES string of the molecule is CC(C)(C)[S+]([O-])/N=C(/COC1CC1)c1cccc(OC(F)F)c1. The summed E-state index contributed by atoms with van der Waals surface area (Å²) < 4.78 is 50.8. The lowest BCUT2D eigenvalue weighted by atomic mass is 10.1. The van der Waals surface area contributed by atoms with Crippen molar-refractivity contribution in [3.05, 3.63) is 29.8 Å². The zero-order valence-corrected chi connectivity index (χ0v) is 14.2. The van der Waals surface area contributed by atoms with E-state index in [4.69, 9.17) is 4.74 Å². The Morgan fingerprint density at radius 3 is 2.65 bits per heavy atom. The lowest BCUT2D eigenvalue weighted by Gasteiger charge is -2.19. The molecule has 0 radical (unpaired) electrons. The third-order valence-corrected chi connectivity index (χ3v) is 4.52. The van der Waals surface area contributed by atoms with E-state index < -0.39 is 22.7 Å². The van der Waals surface area contributed by atoms with Crippen molar-refractivity contribution in [2.75, 3.05) is 6.61 Å². The molecule has 4 nitrogen and oxygen atoms in total. The van der Waals surface area contributed by atoms with Crippen LogP contribution in [0.15, 0.2) is 28.7 Å². The van der Waals surface area contributed by atoms with Crippen molar-refractivity contribution in [2.45, 2.75) is 51.1 Å². The highest BCUT2D eigenvalue weighted by Crippen LogP contribution is 2.25. The second-order valence-electron chi connectivity index (χ2n) is 6.32. The van der Waals surface area contributed by atoms with Gasteiger partial charge < -0.3 is 14.0 Å². The van der Waals surface area contributed by atoms with E-state index in [1.54, 1.807) is 12.1 Å². The molecule has 1 atom stereocenters. The van der Waals surface area contributed by atoms with E-state index in [-0.39, 0.29) is 18.5 Å². The number of halogens is 2. The van der Waals surface area contributed by atoms with Crippen LogP contribution in [0.25, 0.3) is 0 Å². The van der Waals surface area contributed by atoms with Crippen LogP contribution >= 0.6 is 0 Å². The first-order valence-electron chi connectivity index (χ1n) is 7.42. The summed E-state index contributed by atoms with van der Waals surface area (Å²) in [5, 5.41) is 0. The molecule has 0 saturated heterocycles. The van der Waals surface area contributed by atoms with E-state index in [1.807, 2.05) is 20.8 Å². The van der Waals surface area contributed by atoms with E-state index in [0.29, 0.717) is 11.3 Å². The second kappa shape index (κ2) is 7.59. The van der Waals surface area contributed by atoms with Gasteiger partial charge in [0.25, 0.3) is 0 Å². The minimum atomic E-state index is -2.89. The second-order valence-corrected chi connectivity index (χ2v) is 8.22. The van der Waals surface area contributed by atoms with E-state index in [0.717, 1.165) is 12.8 Å². The molecule has 1 aliphatic carbocycles. The third-order valence-electron chi connectivity index (χ3n) is 3.09. The van der Waals surface area contributed by atoms with Gasteiger partial charge in [0.05, 0.1) is 12.7 Å². The Balaban J connectivity index is 2.22. The number of hydrogen-bond donors (Lipinski definition) is 0. The highest BCUT2D eigenvalue weighted by Gasteiger charge is 2.29. The summed E-state index contributed by atoms with van der Waals surface area (Å²) in [5.41, 5.74) is 1.05. The molecular formula is C16H21F2NO3S. The zero-order chi connectivity index (χ0) is 17.0. The fourth-order valence-electron chi connectivity index (χ4n) is 1.68. The van der Waals surface area contributed by atoms with Crippen LogP contribution in [0.2, 0.25) is 0 Å². The van der Waals surface area contributed by atoms with Crippen molar-refractivity contribution in [2.24, 2.45) is 4.40 Å². The van der Waals surface area contributed by atoms with Gasteiger partial charge >= 0.3 is 6.61 Å². The van der Waals surface area contributed by atoms with E-state index in [9.17, 15) is 13.3 Å². The van der Waals surface area contributed by atoms with Gasteiger partial charge in [0.1, 0.15) is 27.6 Å². The Hall–Kier alpha value is -1.18. The molecule has 0 aliphatic heterocycles. The maximum absolute atomic E-state index is 12.4. The standard InChI is InChI=1S/C16H21F2NO3S/c1-16(2,3)23(20)19-14(10-21-12-7-8-12)11-5-4-6-13(9-11)22-15(17)18/h4-6,9,12,15H,7-8,10H2,1-3H3/b19-14-. The Kier molecular flexibility index (Phi) is 6.00. The van der Waals surface area contributed by atoms with Crippen molar-refractivity contribution < 1.29 is 22.8 Å². The van der Waals surface area contributed by atoms with Crippen LogP contribution in [0.1, 0.15) is 39.2 Å². The predicted octanol–water partition coefficient (Wildman–Crippen LogP) is 3.72. The van der Waals surface area contributed by atoms with Crippen molar-refractivity contribution in [1.82, 2.24) is 0 Å². The van der Waals surface area contributed by atoms with Crippen molar-refractivity contribution in [3.63, 3.8) is 0 Å². The smallest absolute Gasteiger partial charge is 0.387 e. The molecule has 0 amide bonds. The molecular weight excluding hydrogens is 324 g/mol. The van der Waals surface area contributed by atoms with E-state index in [1.165, 1.54) is 12.1 Å². The topological polar surface area (TPSA) is 53.9 Å². The molecule has 1 fully saturated rings. The summed E-state index contributed by atoms with van der Waals surface area (Å²) in [4.78, 5) is 0. The van der Waals surface area contributed by atoms with Gasteiger partial charge in [0.2, 0.25) is 0 Å². The van der Waals surface area contributed by atoms with E-state index >= 15 is 0 Å². The largest absolute Gasteiger partial charge is 0.591 e. The minimum Gasteiger partial charge on any atom is -0.591 e. The Labute approximate surface area is 138 Å². The average molecular weight is 345 g/mol. The summed E-state index contributed by atoms with van der Waals surface area (Å²) in [7, 11) is 0. The van der Waals surface area contributed by atoms with Crippen LogP contribution in [0.3, 0.4) is 0 Å². The van der Waals surface area contributed by atoms with Crippen LogP contribution in [-0.4, -0.2) is 34.3 Å². The maximum atomic E-state index is 12.4. The lowest BCUT2D eigenvalue weighted by molar-refractivity contribution is -0.0498. The number of hydrogen-bond acceptors (Lipinski definition) is 4. The molecule has 0 N–H and O–H groups in total. The highest BCUT2D eigenvalue weighted by molar-refractivity contribution is 7.91. The van der Waals surface area contributed by atoms with Gasteiger partial charge in [-0.25, -0.2) is 0 Å². The van der Waals surface area contributed by atoms with Crippen LogP contribution in [0, 0.1) is 0 Å². The normalized spacial score (nSPS) is 17.4. The van der Waals surface area contributed by atoms with Crippen LogP contribution < -0.4 is 4.74 Å². The van der Waals surface area contributed by atoms with Crippen LogP contribution in [0.5, 0.6) is 5.75 Å². The van der Waals surface area contributed by atoms with Gasteiger partial charge in [0.15, 0.2) is 0 Å². The molecule has 0 bridgehead atoms. The third kappa shape index (κ3) is 6.08. The first kappa shape index (κ1) is 18.2. The lowest BCUT2D eigenvalue weighted by Crippen LogP contribution is -2.28. The first-order valence-corrected chi connectivity index (χ1v) is 8.53. The summed E-state index contributed by atoms with van der Waals surface area (Å²) in [6, 6.07) is 6.21. The highest BCUT2D eigenvalue weighted by atomic mass is 32.2. The number of rotatable bonds is 7. The number of benzene rings is 1. The molecule has 7 heteroatoms. The van der Waals surface area contributed by atoms with Crippen molar-refractivity contribution in [1.29, 1.82) is 0 Å². The zero-order valence-electron chi connectivity index (χ0n) is 13.4. The Morgan fingerprint density at radius 1 is 1.39 bits per heavy atom. The minimum absolute atomic E-state index is 0.0400. The Bertz CT molecular complexity index is 557. The summed E-state index contributed by atoms with van der Waals surface area (Å²) >= 11 is -1.46. The quantitative estimate of drug-likeness (QED) is 0.559. The molecule has 1 unspecified atom stereocenters. The molecule has 2 rings (SSSR count). The van der Waals surface area contributed by atoms with Gasteiger partial charge in [-0.05, 0) is 45.7 Å². The van der Waals surface area contributed by atoms with Crippen molar-refractivity contribution in [3.8, 4) is 5.75 Å². The maximum Gasteiger partial charge on any atom is 0.387 e. The van der Waals surface area contributed by atoms with Gasteiger partial charge in [-0.2, -0.15) is 8.78 Å². The van der Waals surface area contributed by atoms with Gasteiger partial charge in [-0.3, -0.25) is 0 Å². The van der Waals surface area contributed by atoms with Gasteiger partial charge in [-0.1, -0.05) is 16.5 Å². The molecule has 1 aliphatic rings. The van der Waals surface area contributed by atoms with E-state index in [2.05, 4.69) is 9.13 Å². The van der Waals surface area contributed by atoms with Gasteiger partial charge in [-0.15, -0.1) is 0 Å². The first-order chi connectivity index (χ1) is 10.8. The Morgan fingerprint density at radius 2 is 2.09 bits per heavy atom. The molecule has 1 saturated carbocycles. The summed E-state index contributed by atoms with van der Waals surface area (Å²) in [5.74, 6) is 0.0400. The fraction of sp³-hybridized carbons (Fsp3) is 0.562. The summed E-state index contributed by atoms with van der Waals surface area (Å²) in [6.07, 6.45) is 2.22. The van der Waals surface area contributed by atoms with Crippen LogP contribution in [0.4, 0.5) is 8.78 Å². The molecule has 23 heavy (non-hydrogen) atoms. The molecule has 0 heterocycles. The fourth-order valence-corrected chi connectivity index (χ4v) is 2.31. The average Bonchev–Trinajstić information content (AvgIpc) is 3.25. The molecule has 0 spiro atoms. The molecule has 1 aromatic rings. The molecule has 1 aromatic carbocycles. The summed E-state index contributed by atoms with van der Waals surface area (Å²) in [6.45, 7) is 2.77.